The highest BCUT2D eigenvalue weighted by Gasteiger charge is 2.68. The van der Waals surface area contributed by atoms with Crippen molar-refractivity contribution in [1.82, 2.24) is 0 Å². The molecule has 4 aromatic rings. The van der Waals surface area contributed by atoms with E-state index in [1.165, 1.54) is 24.3 Å². The summed E-state index contributed by atoms with van der Waals surface area (Å²) < 4.78 is 12.2. The monoisotopic (exact) mass is 543 g/mol. The van der Waals surface area contributed by atoms with Crippen molar-refractivity contribution in [2.75, 3.05) is 6.61 Å². The summed E-state index contributed by atoms with van der Waals surface area (Å²) in [5.74, 6) is 0.109. The zero-order valence-electron chi connectivity index (χ0n) is 21.4. The van der Waals surface area contributed by atoms with Crippen molar-refractivity contribution in [3.05, 3.63) is 142 Å². The van der Waals surface area contributed by atoms with E-state index in [9.17, 15) is 30.5 Å². The van der Waals surface area contributed by atoms with Crippen molar-refractivity contribution in [1.29, 1.82) is 0 Å². The zero-order chi connectivity index (χ0) is 28.3. The van der Waals surface area contributed by atoms with Crippen molar-refractivity contribution < 1.29 is 34.8 Å². The molecule has 1 fully saturated rings. The number of nitro groups is 1. The molecule has 0 unspecified atom stereocenters. The van der Waals surface area contributed by atoms with Crippen LogP contribution in [0.15, 0.2) is 115 Å². The normalized spacial score (nSPS) is 24.8. The number of ether oxygens (including phenoxy) is 2. The number of non-ortho nitro benzene ring substituents is 1. The van der Waals surface area contributed by atoms with Gasteiger partial charge in [0.1, 0.15) is 24.1 Å². The highest BCUT2D eigenvalue weighted by molar-refractivity contribution is 5.55. The molecule has 4 aromatic carbocycles. The van der Waals surface area contributed by atoms with Crippen molar-refractivity contribution in [2.24, 2.45) is 0 Å². The summed E-state index contributed by atoms with van der Waals surface area (Å²) in [6.07, 6.45) is -6.53. The fraction of sp³-hybridized carbons (Fsp3) is 0.226. The van der Waals surface area contributed by atoms with Crippen molar-refractivity contribution in [3.8, 4) is 5.75 Å². The molecule has 9 nitrogen and oxygen atoms in total. The first kappa shape index (κ1) is 27.4. The standard InChI is InChI=1S/C31H29NO8/c33-20-26-27(34)28(35)31(36,29(40-26)39-25-18-16-24(17-19-25)32(37)38)30(21-10-4-1-5-11-21,22-12-6-2-7-13-22)23-14-8-3-9-15-23/h1-19,26-29,33-36H,20H2/t26-,27-,28+,29+,31+/m1/s1. The quantitative estimate of drug-likeness (QED) is 0.151. The summed E-state index contributed by atoms with van der Waals surface area (Å²) in [5, 5.41) is 57.1. The number of aliphatic hydroxyl groups excluding tert-OH is 3. The fourth-order valence-corrected chi connectivity index (χ4v) is 5.64. The molecule has 0 bridgehead atoms. The molecular formula is C31H29NO8. The van der Waals surface area contributed by atoms with Gasteiger partial charge in [0, 0.05) is 12.1 Å². The van der Waals surface area contributed by atoms with Crippen LogP contribution in [0.5, 0.6) is 5.75 Å². The Morgan fingerprint density at radius 3 is 1.65 bits per heavy atom. The first-order valence-electron chi connectivity index (χ1n) is 12.8. The van der Waals surface area contributed by atoms with Gasteiger partial charge >= 0.3 is 0 Å². The van der Waals surface area contributed by atoms with Crippen LogP contribution >= 0.6 is 0 Å². The van der Waals surface area contributed by atoms with Crippen molar-refractivity contribution in [3.63, 3.8) is 0 Å². The molecule has 0 amide bonds. The van der Waals surface area contributed by atoms with Gasteiger partial charge in [-0.1, -0.05) is 91.0 Å². The third kappa shape index (κ3) is 4.43. The molecule has 1 aliphatic rings. The van der Waals surface area contributed by atoms with E-state index in [4.69, 9.17) is 9.47 Å². The molecule has 5 atom stereocenters. The second kappa shape index (κ2) is 11.2. The topological polar surface area (TPSA) is 143 Å². The van der Waals surface area contributed by atoms with Gasteiger partial charge in [-0.05, 0) is 28.8 Å². The van der Waals surface area contributed by atoms with Crippen LogP contribution in [0.25, 0.3) is 0 Å². The van der Waals surface area contributed by atoms with Gasteiger partial charge in [0.25, 0.3) is 5.69 Å². The average Bonchev–Trinajstić information content (AvgIpc) is 3.00. The van der Waals surface area contributed by atoms with Gasteiger partial charge in [-0.25, -0.2) is 0 Å². The number of nitro benzene ring substituents is 1. The van der Waals surface area contributed by atoms with E-state index in [1.54, 1.807) is 72.8 Å². The Kier molecular flexibility index (Phi) is 7.66. The van der Waals surface area contributed by atoms with Gasteiger partial charge in [0.15, 0.2) is 5.60 Å². The molecule has 0 saturated carbocycles. The molecule has 4 N–H and O–H groups in total. The smallest absolute Gasteiger partial charge is 0.269 e. The number of hydrogen-bond donors (Lipinski definition) is 4. The maximum atomic E-state index is 13.0. The first-order chi connectivity index (χ1) is 19.3. The number of benzene rings is 4. The lowest BCUT2D eigenvalue weighted by molar-refractivity contribution is -0.384. The Balaban J connectivity index is 1.80. The van der Waals surface area contributed by atoms with E-state index in [2.05, 4.69) is 0 Å². The third-order valence-corrected chi connectivity index (χ3v) is 7.50. The van der Waals surface area contributed by atoms with Gasteiger partial charge < -0.3 is 29.9 Å². The molecule has 5 rings (SSSR count). The summed E-state index contributed by atoms with van der Waals surface area (Å²) in [6, 6.07) is 32.3. The molecule has 1 saturated heterocycles. The summed E-state index contributed by atoms with van der Waals surface area (Å²) in [6.45, 7) is -0.663. The average molecular weight is 544 g/mol. The highest BCUT2D eigenvalue weighted by atomic mass is 16.7. The van der Waals surface area contributed by atoms with Crippen LogP contribution in [0.1, 0.15) is 16.7 Å². The predicted octanol–water partition coefficient (Wildman–Crippen LogP) is 3.18. The molecule has 1 heterocycles. The van der Waals surface area contributed by atoms with Crippen LogP contribution in [0.4, 0.5) is 5.69 Å². The largest absolute Gasteiger partial charge is 0.462 e. The lowest BCUT2D eigenvalue weighted by atomic mass is 9.55. The number of hydrogen-bond acceptors (Lipinski definition) is 8. The molecule has 1 aliphatic heterocycles. The van der Waals surface area contributed by atoms with E-state index in [-0.39, 0.29) is 11.4 Å². The lowest BCUT2D eigenvalue weighted by Gasteiger charge is -2.57. The Labute approximate surface area is 230 Å². The van der Waals surface area contributed by atoms with Gasteiger partial charge in [-0.3, -0.25) is 10.1 Å². The minimum absolute atomic E-state index is 0.109. The number of rotatable bonds is 8. The summed E-state index contributed by atoms with van der Waals surface area (Å²) in [4.78, 5) is 10.6. The maximum absolute atomic E-state index is 13.0. The van der Waals surface area contributed by atoms with Gasteiger partial charge in [-0.2, -0.15) is 0 Å². The molecule has 40 heavy (non-hydrogen) atoms. The van der Waals surface area contributed by atoms with Crippen molar-refractivity contribution in [2.45, 2.75) is 35.6 Å². The summed E-state index contributed by atoms with van der Waals surface area (Å²) >= 11 is 0. The first-order valence-corrected chi connectivity index (χ1v) is 12.8. The molecule has 0 radical (unpaired) electrons. The molecule has 0 aromatic heterocycles. The van der Waals surface area contributed by atoms with Crippen LogP contribution in [-0.2, 0) is 10.2 Å². The minimum Gasteiger partial charge on any atom is -0.462 e. The minimum atomic E-state index is -2.41. The van der Waals surface area contributed by atoms with E-state index in [0.717, 1.165) is 0 Å². The fourth-order valence-electron chi connectivity index (χ4n) is 5.64. The maximum Gasteiger partial charge on any atom is 0.269 e. The third-order valence-electron chi connectivity index (χ3n) is 7.50. The predicted molar refractivity (Wildman–Crippen MR) is 146 cm³/mol. The van der Waals surface area contributed by atoms with Gasteiger partial charge in [0.05, 0.1) is 16.9 Å². The van der Waals surface area contributed by atoms with Crippen LogP contribution in [-0.4, -0.2) is 62.2 Å². The van der Waals surface area contributed by atoms with Crippen molar-refractivity contribution >= 4 is 5.69 Å². The number of nitrogens with zero attached hydrogens (tertiary/aromatic N) is 1. The highest BCUT2D eigenvalue weighted by Crippen LogP contribution is 2.53. The molecule has 9 heteroatoms. The molecule has 0 aliphatic carbocycles. The van der Waals surface area contributed by atoms with Crippen LogP contribution in [0.3, 0.4) is 0 Å². The Bertz CT molecular complexity index is 1320. The van der Waals surface area contributed by atoms with Crippen LogP contribution < -0.4 is 4.74 Å². The SMILES string of the molecule is O=[N+]([O-])c1ccc(O[C@H]2O[C@H](CO)[C@@H](O)[C@H](O)[C@@]2(O)C(c2ccccc2)(c2ccccc2)c2ccccc2)cc1. The van der Waals surface area contributed by atoms with Crippen LogP contribution in [0, 0.1) is 10.1 Å². The van der Waals surface area contributed by atoms with E-state index >= 15 is 0 Å². The summed E-state index contributed by atoms with van der Waals surface area (Å²) in [5.41, 5.74) is -2.44. The van der Waals surface area contributed by atoms with E-state index in [1.807, 2.05) is 18.2 Å². The molecular weight excluding hydrogens is 514 g/mol. The van der Waals surface area contributed by atoms with E-state index in [0.29, 0.717) is 16.7 Å². The van der Waals surface area contributed by atoms with Gasteiger partial charge in [-0.15, -0.1) is 0 Å². The van der Waals surface area contributed by atoms with Crippen LogP contribution in [0.2, 0.25) is 0 Å². The number of aliphatic hydroxyl groups is 4. The molecule has 0 spiro atoms. The molecule has 206 valence electrons. The zero-order valence-corrected chi connectivity index (χ0v) is 21.4. The second-order valence-electron chi connectivity index (χ2n) is 9.67. The summed E-state index contributed by atoms with van der Waals surface area (Å²) in [7, 11) is 0. The Morgan fingerprint density at radius 1 is 0.800 bits per heavy atom. The Morgan fingerprint density at radius 2 is 1.25 bits per heavy atom. The Hall–Kier alpha value is -4.12. The van der Waals surface area contributed by atoms with E-state index < -0.39 is 47.1 Å². The van der Waals surface area contributed by atoms with Gasteiger partial charge in [0.2, 0.25) is 6.29 Å². The second-order valence-corrected chi connectivity index (χ2v) is 9.67. The lowest BCUT2D eigenvalue weighted by Crippen LogP contribution is -2.75.